The number of hydrogen-bond donors (Lipinski definition) is 3. The summed E-state index contributed by atoms with van der Waals surface area (Å²) in [6, 6.07) is -0.419. The number of aromatic amines is 1. The van der Waals surface area contributed by atoms with Crippen LogP contribution in [0, 0.1) is 0 Å². The van der Waals surface area contributed by atoms with Crippen molar-refractivity contribution in [2.75, 3.05) is 13.1 Å². The second-order valence-corrected chi connectivity index (χ2v) is 4.65. The summed E-state index contributed by atoms with van der Waals surface area (Å²) < 4.78 is 26.0. The fourth-order valence-corrected chi connectivity index (χ4v) is 1.97. The predicted molar refractivity (Wildman–Crippen MR) is 63.4 cm³/mol. The third-order valence-electron chi connectivity index (χ3n) is 3.04. The zero-order valence-corrected chi connectivity index (χ0v) is 10.5. The standard InChI is InChI=1S/C11H14F2N4O3/c12-11(13)2-4-17(6-11)10(20)15-8(9(18)19)5-7-1-3-14-16-7/h1,3,8H,2,4-6H2,(H,14,16)(H,15,20)(H,18,19). The molecule has 1 aromatic heterocycles. The van der Waals surface area contributed by atoms with Crippen LogP contribution >= 0.6 is 0 Å². The number of carbonyl (C=O) groups excluding carboxylic acids is 1. The van der Waals surface area contributed by atoms with Gasteiger partial charge in [-0.3, -0.25) is 5.10 Å². The monoisotopic (exact) mass is 288 g/mol. The molecule has 9 heteroatoms. The summed E-state index contributed by atoms with van der Waals surface area (Å²) in [7, 11) is 0. The van der Waals surface area contributed by atoms with Crippen molar-refractivity contribution in [3.8, 4) is 0 Å². The smallest absolute Gasteiger partial charge is 0.326 e. The molecule has 0 bridgehead atoms. The number of nitrogens with one attached hydrogen (secondary N) is 2. The Morgan fingerprint density at radius 1 is 1.60 bits per heavy atom. The molecule has 3 N–H and O–H groups in total. The lowest BCUT2D eigenvalue weighted by Crippen LogP contribution is -2.48. The Hall–Kier alpha value is -2.19. The lowest BCUT2D eigenvalue weighted by atomic mass is 10.1. The molecule has 1 fully saturated rings. The van der Waals surface area contributed by atoms with E-state index >= 15 is 0 Å². The molecule has 1 aromatic rings. The molecule has 0 radical (unpaired) electrons. The number of nitrogens with zero attached hydrogens (tertiary/aromatic N) is 2. The van der Waals surface area contributed by atoms with E-state index in [1.54, 1.807) is 6.07 Å². The lowest BCUT2D eigenvalue weighted by molar-refractivity contribution is -0.139. The van der Waals surface area contributed by atoms with Gasteiger partial charge in [0, 0.05) is 31.3 Å². The van der Waals surface area contributed by atoms with E-state index in [4.69, 9.17) is 5.11 Å². The molecule has 0 spiro atoms. The second-order valence-electron chi connectivity index (χ2n) is 4.65. The van der Waals surface area contributed by atoms with Crippen molar-refractivity contribution in [3.63, 3.8) is 0 Å². The average Bonchev–Trinajstić information content (AvgIpc) is 2.97. The van der Waals surface area contributed by atoms with Crippen LogP contribution in [0.3, 0.4) is 0 Å². The summed E-state index contributed by atoms with van der Waals surface area (Å²) in [5.41, 5.74) is 0.532. The number of amides is 2. The van der Waals surface area contributed by atoms with E-state index < -0.39 is 36.9 Å². The number of hydrogen-bond acceptors (Lipinski definition) is 3. The van der Waals surface area contributed by atoms with Crippen LogP contribution in [0.4, 0.5) is 13.6 Å². The topological polar surface area (TPSA) is 98.3 Å². The van der Waals surface area contributed by atoms with Gasteiger partial charge >= 0.3 is 12.0 Å². The van der Waals surface area contributed by atoms with Gasteiger partial charge < -0.3 is 15.3 Å². The Labute approximate surface area is 113 Å². The van der Waals surface area contributed by atoms with Crippen LogP contribution in [0.15, 0.2) is 12.3 Å². The molecule has 110 valence electrons. The van der Waals surface area contributed by atoms with E-state index in [1.807, 2.05) is 0 Å². The largest absolute Gasteiger partial charge is 0.480 e. The van der Waals surface area contributed by atoms with Crippen LogP contribution in [0.2, 0.25) is 0 Å². The number of carboxylic acid groups (broad SMARTS) is 1. The zero-order chi connectivity index (χ0) is 14.8. The number of carbonyl (C=O) groups is 2. The number of aromatic nitrogens is 2. The van der Waals surface area contributed by atoms with E-state index in [2.05, 4.69) is 15.5 Å². The van der Waals surface area contributed by atoms with Gasteiger partial charge in [-0.05, 0) is 6.07 Å². The van der Waals surface area contributed by atoms with Crippen molar-refractivity contribution >= 4 is 12.0 Å². The highest BCUT2D eigenvalue weighted by molar-refractivity contribution is 5.83. The number of likely N-dealkylation sites (tertiary alicyclic amines) is 1. The van der Waals surface area contributed by atoms with Gasteiger partial charge in [-0.2, -0.15) is 5.10 Å². The summed E-state index contributed by atoms with van der Waals surface area (Å²) in [5, 5.41) is 17.5. The maximum Gasteiger partial charge on any atom is 0.326 e. The first-order valence-electron chi connectivity index (χ1n) is 6.02. The molecule has 1 atom stereocenters. The van der Waals surface area contributed by atoms with Gasteiger partial charge in [0.15, 0.2) is 0 Å². The summed E-state index contributed by atoms with van der Waals surface area (Å²) >= 11 is 0. The van der Waals surface area contributed by atoms with Crippen LogP contribution in [-0.4, -0.2) is 57.3 Å². The van der Waals surface area contributed by atoms with Crippen LogP contribution in [0.5, 0.6) is 0 Å². The van der Waals surface area contributed by atoms with Gasteiger partial charge in [0.2, 0.25) is 0 Å². The maximum atomic E-state index is 13.0. The highest BCUT2D eigenvalue weighted by atomic mass is 19.3. The molecule has 1 aliphatic rings. The van der Waals surface area contributed by atoms with E-state index in [9.17, 15) is 18.4 Å². The van der Waals surface area contributed by atoms with Crippen LogP contribution in [0.1, 0.15) is 12.1 Å². The molecule has 1 unspecified atom stereocenters. The number of alkyl halides is 2. The van der Waals surface area contributed by atoms with Gasteiger partial charge in [-0.25, -0.2) is 18.4 Å². The Kier molecular flexibility index (Phi) is 3.86. The predicted octanol–water partition coefficient (Wildman–Crippen LogP) is 0.456. The molecule has 7 nitrogen and oxygen atoms in total. The first kappa shape index (κ1) is 14.2. The Bertz CT molecular complexity index is 492. The van der Waals surface area contributed by atoms with Crippen molar-refractivity contribution in [2.24, 2.45) is 0 Å². The Morgan fingerprint density at radius 2 is 2.35 bits per heavy atom. The van der Waals surface area contributed by atoms with Crippen LogP contribution in [-0.2, 0) is 11.2 Å². The third-order valence-corrected chi connectivity index (χ3v) is 3.04. The van der Waals surface area contributed by atoms with Crippen molar-refractivity contribution < 1.29 is 23.5 Å². The highest BCUT2D eigenvalue weighted by Crippen LogP contribution is 2.26. The minimum absolute atomic E-state index is 0.00526. The molecular formula is C11H14F2N4O3. The molecule has 0 aromatic carbocycles. The van der Waals surface area contributed by atoms with Crippen molar-refractivity contribution in [2.45, 2.75) is 24.8 Å². The number of rotatable bonds is 4. The molecule has 1 saturated heterocycles. The number of carboxylic acids is 1. The summed E-state index contributed by atoms with van der Waals surface area (Å²) in [4.78, 5) is 23.8. The van der Waals surface area contributed by atoms with Crippen molar-refractivity contribution in [1.82, 2.24) is 20.4 Å². The van der Waals surface area contributed by atoms with Gasteiger partial charge in [-0.15, -0.1) is 0 Å². The van der Waals surface area contributed by atoms with Crippen molar-refractivity contribution in [3.05, 3.63) is 18.0 Å². The number of aliphatic carboxylic acids is 1. The molecule has 0 aliphatic carbocycles. The normalized spacial score (nSPS) is 18.8. The lowest BCUT2D eigenvalue weighted by Gasteiger charge is -2.20. The minimum atomic E-state index is -2.90. The molecule has 2 rings (SSSR count). The number of H-pyrrole nitrogens is 1. The average molecular weight is 288 g/mol. The van der Waals surface area contributed by atoms with Gasteiger partial charge in [0.05, 0.1) is 6.54 Å². The van der Waals surface area contributed by atoms with Crippen LogP contribution < -0.4 is 5.32 Å². The van der Waals surface area contributed by atoms with E-state index in [0.717, 1.165) is 4.90 Å². The summed E-state index contributed by atoms with van der Waals surface area (Å²) in [5.74, 6) is -4.14. The quantitative estimate of drug-likeness (QED) is 0.749. The highest BCUT2D eigenvalue weighted by Gasteiger charge is 2.41. The number of urea groups is 1. The Morgan fingerprint density at radius 3 is 2.85 bits per heavy atom. The van der Waals surface area contributed by atoms with Gasteiger partial charge in [-0.1, -0.05) is 0 Å². The van der Waals surface area contributed by atoms with E-state index in [0.29, 0.717) is 5.69 Å². The molecular weight excluding hydrogens is 274 g/mol. The Balaban J connectivity index is 1.95. The first-order valence-corrected chi connectivity index (χ1v) is 6.02. The summed E-state index contributed by atoms with van der Waals surface area (Å²) in [6.45, 7) is -0.773. The third kappa shape index (κ3) is 3.43. The zero-order valence-electron chi connectivity index (χ0n) is 10.5. The van der Waals surface area contributed by atoms with Gasteiger partial charge in [0.25, 0.3) is 5.92 Å². The fourth-order valence-electron chi connectivity index (χ4n) is 1.97. The minimum Gasteiger partial charge on any atom is -0.480 e. The van der Waals surface area contributed by atoms with E-state index in [1.165, 1.54) is 6.20 Å². The number of halogens is 2. The van der Waals surface area contributed by atoms with Gasteiger partial charge in [0.1, 0.15) is 6.04 Å². The second kappa shape index (κ2) is 5.43. The molecule has 2 amide bonds. The molecule has 1 aliphatic heterocycles. The molecule has 0 saturated carbocycles. The van der Waals surface area contributed by atoms with Crippen LogP contribution in [0.25, 0.3) is 0 Å². The SMILES string of the molecule is O=C(O)C(Cc1ccn[nH]1)NC(=O)N1CCC(F)(F)C1. The maximum absolute atomic E-state index is 13.0. The van der Waals surface area contributed by atoms with Crippen molar-refractivity contribution in [1.29, 1.82) is 0 Å². The fraction of sp³-hybridized carbons (Fsp3) is 0.545. The first-order chi connectivity index (χ1) is 9.37. The molecule has 2 heterocycles. The summed E-state index contributed by atoms with van der Waals surface area (Å²) in [6.07, 6.45) is 1.06. The molecule has 20 heavy (non-hydrogen) atoms. The van der Waals surface area contributed by atoms with E-state index in [-0.39, 0.29) is 13.0 Å².